The van der Waals surface area contributed by atoms with Crippen LogP contribution in [-0.2, 0) is 0 Å². The van der Waals surface area contributed by atoms with Gasteiger partial charge in [0.05, 0.1) is 11.4 Å². The quantitative estimate of drug-likeness (QED) is 0.549. The molecule has 0 saturated carbocycles. The lowest BCUT2D eigenvalue weighted by molar-refractivity contribution is 0.402. The Kier molecular flexibility index (Phi) is 5.14. The molecule has 0 unspecified atom stereocenters. The van der Waals surface area contributed by atoms with Crippen molar-refractivity contribution in [3.8, 4) is 11.1 Å². The van der Waals surface area contributed by atoms with Crippen molar-refractivity contribution >= 4 is 23.1 Å². The Labute approximate surface area is 163 Å². The summed E-state index contributed by atoms with van der Waals surface area (Å²) in [5, 5.41) is 0. The van der Waals surface area contributed by atoms with E-state index in [9.17, 15) is 4.39 Å². The van der Waals surface area contributed by atoms with Crippen LogP contribution >= 0.6 is 11.8 Å². The van der Waals surface area contributed by atoms with E-state index in [1.165, 1.54) is 33.4 Å². The maximum atomic E-state index is 13.5. The summed E-state index contributed by atoms with van der Waals surface area (Å²) >= 11 is 1.78. The van der Waals surface area contributed by atoms with Crippen LogP contribution in [0.3, 0.4) is 0 Å². The van der Waals surface area contributed by atoms with Gasteiger partial charge >= 0.3 is 0 Å². The number of benzene rings is 2. The highest BCUT2D eigenvalue weighted by Gasteiger charge is 2.23. The fraction of sp³-hybridized carbons (Fsp3) is 0.227. The average Bonchev–Trinajstić information content (AvgIpc) is 2.66. The van der Waals surface area contributed by atoms with Gasteiger partial charge in [0.25, 0.3) is 0 Å². The SMILES string of the molecule is CN(C)CCCN1c2ccccc2Sc2cc(-c3ccnc(F)c3)ccc21. The molecule has 0 atom stereocenters. The van der Waals surface area contributed by atoms with Gasteiger partial charge in [0, 0.05) is 28.6 Å². The number of nitrogens with zero attached hydrogens (tertiary/aromatic N) is 3. The number of rotatable bonds is 5. The van der Waals surface area contributed by atoms with E-state index in [1.807, 2.05) is 6.07 Å². The highest BCUT2D eigenvalue weighted by molar-refractivity contribution is 7.99. The smallest absolute Gasteiger partial charge is 0.213 e. The largest absolute Gasteiger partial charge is 0.340 e. The van der Waals surface area contributed by atoms with E-state index in [-0.39, 0.29) is 0 Å². The van der Waals surface area contributed by atoms with Crippen LogP contribution in [0.25, 0.3) is 11.1 Å². The summed E-state index contributed by atoms with van der Waals surface area (Å²) < 4.78 is 13.5. The Morgan fingerprint density at radius 2 is 1.74 bits per heavy atom. The molecule has 3 aromatic rings. The molecule has 1 aromatic heterocycles. The van der Waals surface area contributed by atoms with E-state index in [0.29, 0.717) is 0 Å². The minimum atomic E-state index is -0.450. The van der Waals surface area contributed by atoms with Crippen LogP contribution in [0.15, 0.2) is 70.6 Å². The summed E-state index contributed by atoms with van der Waals surface area (Å²) in [6.07, 6.45) is 2.60. The third kappa shape index (κ3) is 3.84. The number of hydrogen-bond acceptors (Lipinski definition) is 4. The number of hydrogen-bond donors (Lipinski definition) is 0. The fourth-order valence-electron chi connectivity index (χ4n) is 3.38. The van der Waals surface area contributed by atoms with Crippen molar-refractivity contribution in [3.05, 3.63) is 66.7 Å². The second-order valence-corrected chi connectivity index (χ2v) is 8.01. The molecule has 1 aliphatic rings. The van der Waals surface area contributed by atoms with Crippen molar-refractivity contribution in [2.45, 2.75) is 16.2 Å². The lowest BCUT2D eigenvalue weighted by Gasteiger charge is -2.33. The minimum Gasteiger partial charge on any atom is -0.340 e. The zero-order valence-electron chi connectivity index (χ0n) is 15.5. The summed E-state index contributed by atoms with van der Waals surface area (Å²) in [7, 11) is 4.21. The van der Waals surface area contributed by atoms with Gasteiger partial charge in [-0.05, 0) is 68.5 Å². The van der Waals surface area contributed by atoms with E-state index in [4.69, 9.17) is 0 Å². The van der Waals surface area contributed by atoms with Gasteiger partial charge in [0.15, 0.2) is 0 Å². The molecule has 4 rings (SSSR count). The van der Waals surface area contributed by atoms with Gasteiger partial charge < -0.3 is 9.80 Å². The Bertz CT molecular complexity index is 958. The Morgan fingerprint density at radius 3 is 2.56 bits per heavy atom. The van der Waals surface area contributed by atoms with E-state index in [1.54, 1.807) is 11.8 Å². The summed E-state index contributed by atoms with van der Waals surface area (Å²) in [6, 6.07) is 18.2. The van der Waals surface area contributed by atoms with Crippen LogP contribution in [0, 0.1) is 5.95 Å². The highest BCUT2D eigenvalue weighted by Crippen LogP contribution is 2.49. The Hall–Kier alpha value is -2.37. The fourth-order valence-corrected chi connectivity index (χ4v) is 4.52. The lowest BCUT2D eigenvalue weighted by atomic mass is 10.1. The third-order valence-corrected chi connectivity index (χ3v) is 5.79. The van der Waals surface area contributed by atoms with Crippen LogP contribution in [0.2, 0.25) is 0 Å². The van der Waals surface area contributed by atoms with Crippen LogP contribution in [0.4, 0.5) is 15.8 Å². The molecule has 2 aromatic carbocycles. The van der Waals surface area contributed by atoms with Gasteiger partial charge in [-0.25, -0.2) is 4.98 Å². The molecule has 0 saturated heterocycles. The maximum Gasteiger partial charge on any atom is 0.213 e. The maximum absolute atomic E-state index is 13.5. The number of fused-ring (bicyclic) bond motifs is 2. The number of halogens is 1. The zero-order chi connectivity index (χ0) is 18.8. The molecule has 0 bridgehead atoms. The van der Waals surface area contributed by atoms with Crippen LogP contribution < -0.4 is 4.90 Å². The second kappa shape index (κ2) is 7.71. The van der Waals surface area contributed by atoms with E-state index >= 15 is 0 Å². The monoisotopic (exact) mass is 379 g/mol. The number of para-hydroxylation sites is 1. The van der Waals surface area contributed by atoms with Crippen LogP contribution in [-0.4, -0.2) is 37.1 Å². The van der Waals surface area contributed by atoms with Crippen molar-refractivity contribution in [1.82, 2.24) is 9.88 Å². The van der Waals surface area contributed by atoms with Crippen molar-refractivity contribution in [2.24, 2.45) is 0 Å². The predicted molar refractivity (Wildman–Crippen MR) is 110 cm³/mol. The molecule has 0 amide bonds. The highest BCUT2D eigenvalue weighted by atomic mass is 32.2. The first-order valence-electron chi connectivity index (χ1n) is 9.07. The first-order valence-corrected chi connectivity index (χ1v) is 9.88. The molecule has 138 valence electrons. The van der Waals surface area contributed by atoms with Gasteiger partial charge in [-0.15, -0.1) is 0 Å². The molecule has 27 heavy (non-hydrogen) atoms. The molecule has 2 heterocycles. The molecular formula is C22H22FN3S. The first kappa shape index (κ1) is 18.0. The summed E-state index contributed by atoms with van der Waals surface area (Å²) in [5.74, 6) is -0.450. The number of pyridine rings is 1. The second-order valence-electron chi connectivity index (χ2n) is 6.93. The normalized spacial score (nSPS) is 12.8. The molecular weight excluding hydrogens is 357 g/mol. The van der Waals surface area contributed by atoms with E-state index < -0.39 is 5.95 Å². The van der Waals surface area contributed by atoms with Gasteiger partial charge in [-0.3, -0.25) is 0 Å². The zero-order valence-corrected chi connectivity index (χ0v) is 16.3. The summed E-state index contributed by atoms with van der Waals surface area (Å²) in [5.41, 5.74) is 4.34. The molecule has 0 fully saturated rings. The van der Waals surface area contributed by atoms with Crippen LogP contribution in [0.1, 0.15) is 6.42 Å². The molecule has 1 aliphatic heterocycles. The van der Waals surface area contributed by atoms with Crippen LogP contribution in [0.5, 0.6) is 0 Å². The van der Waals surface area contributed by atoms with E-state index in [2.05, 4.69) is 71.3 Å². The predicted octanol–water partition coefficient (Wildman–Crippen LogP) is 5.44. The number of anilines is 2. The minimum absolute atomic E-state index is 0.450. The Morgan fingerprint density at radius 1 is 0.963 bits per heavy atom. The topological polar surface area (TPSA) is 19.4 Å². The third-order valence-electron chi connectivity index (χ3n) is 4.67. The van der Waals surface area contributed by atoms with Gasteiger partial charge in [0.1, 0.15) is 0 Å². The molecule has 0 N–H and O–H groups in total. The Balaban J connectivity index is 1.70. The van der Waals surface area contributed by atoms with E-state index in [0.717, 1.165) is 30.6 Å². The average molecular weight is 380 g/mol. The summed E-state index contributed by atoms with van der Waals surface area (Å²) in [4.78, 5) is 10.7. The molecule has 5 heteroatoms. The standard InChI is InChI=1S/C22H22FN3S/c1-25(2)12-5-13-26-18-6-3-4-7-20(18)27-21-14-16(8-9-19(21)26)17-10-11-24-22(23)15-17/h3-4,6-11,14-15H,5,12-13H2,1-2H3. The molecule has 0 aliphatic carbocycles. The van der Waals surface area contributed by atoms with Gasteiger partial charge in [-0.1, -0.05) is 30.0 Å². The van der Waals surface area contributed by atoms with Crippen molar-refractivity contribution in [3.63, 3.8) is 0 Å². The summed E-state index contributed by atoms with van der Waals surface area (Å²) in [6.45, 7) is 2.02. The van der Waals surface area contributed by atoms with Crippen molar-refractivity contribution in [2.75, 3.05) is 32.1 Å². The van der Waals surface area contributed by atoms with Crippen molar-refractivity contribution < 1.29 is 4.39 Å². The van der Waals surface area contributed by atoms with Gasteiger partial charge in [0.2, 0.25) is 5.95 Å². The molecule has 3 nitrogen and oxygen atoms in total. The van der Waals surface area contributed by atoms with Crippen molar-refractivity contribution in [1.29, 1.82) is 0 Å². The molecule has 0 spiro atoms. The number of aromatic nitrogens is 1. The van der Waals surface area contributed by atoms with Gasteiger partial charge in [-0.2, -0.15) is 4.39 Å². The molecule has 0 radical (unpaired) electrons. The first-order chi connectivity index (χ1) is 13.1. The lowest BCUT2D eigenvalue weighted by Crippen LogP contribution is -2.25.